The minimum Gasteiger partial charge on any atom is -0.484 e. The molecule has 1 aliphatic heterocycles. The number of β-amino-alcohol motifs (C(OH)–C–C–N with tert-alkyl or cyclic N) is 1. The van der Waals surface area contributed by atoms with Crippen LogP contribution in [0.15, 0.2) is 24.0 Å². The molecule has 1 saturated heterocycles. The lowest BCUT2D eigenvalue weighted by atomic mass is 10.0. The molecular weight excluding hydrogens is 349 g/mol. The van der Waals surface area contributed by atoms with Gasteiger partial charge in [0.15, 0.2) is 11.6 Å². The highest BCUT2D eigenvalue weighted by Crippen LogP contribution is 2.41. The Kier molecular flexibility index (Phi) is 5.10. The molecule has 1 aromatic carbocycles. The molecule has 0 radical (unpaired) electrons. The van der Waals surface area contributed by atoms with Gasteiger partial charge in [-0.15, -0.1) is 0 Å². The summed E-state index contributed by atoms with van der Waals surface area (Å²) in [5.41, 5.74) is 5.70. The molecule has 0 bridgehead atoms. The number of aliphatic hydroxyl groups excluding tert-OH is 1. The maximum atomic E-state index is 14.2. The third kappa shape index (κ3) is 4.21. The highest BCUT2D eigenvalue weighted by Gasteiger charge is 2.40. The van der Waals surface area contributed by atoms with Gasteiger partial charge in [0.2, 0.25) is 0 Å². The summed E-state index contributed by atoms with van der Waals surface area (Å²) in [6.07, 6.45) is 3.50. The van der Waals surface area contributed by atoms with Gasteiger partial charge in [-0.3, -0.25) is 10.8 Å². The van der Waals surface area contributed by atoms with Crippen molar-refractivity contribution in [2.45, 2.75) is 37.9 Å². The Morgan fingerprint density at radius 1 is 1.44 bits per heavy atom. The lowest BCUT2D eigenvalue weighted by Gasteiger charge is -2.21. The second kappa shape index (κ2) is 7.19. The monoisotopic (exact) mass is 375 g/mol. The number of halogens is 1. The van der Waals surface area contributed by atoms with Crippen LogP contribution in [-0.2, 0) is 0 Å². The van der Waals surface area contributed by atoms with Gasteiger partial charge < -0.3 is 25.8 Å². The molecule has 6 N–H and O–H groups in total. The van der Waals surface area contributed by atoms with Crippen LogP contribution in [0.3, 0.4) is 0 Å². The summed E-state index contributed by atoms with van der Waals surface area (Å²) < 4.78 is 19.9. The average molecular weight is 375 g/mol. The minimum atomic E-state index is -0.568. The van der Waals surface area contributed by atoms with E-state index in [9.17, 15) is 9.50 Å². The van der Waals surface area contributed by atoms with E-state index in [0.29, 0.717) is 25.3 Å². The van der Waals surface area contributed by atoms with Crippen molar-refractivity contribution in [3.05, 3.63) is 35.4 Å². The second-order valence-corrected chi connectivity index (χ2v) is 7.38. The van der Waals surface area contributed by atoms with Gasteiger partial charge in [0.05, 0.1) is 17.5 Å². The molecule has 8 heteroatoms. The minimum absolute atomic E-state index is 0.0530. The van der Waals surface area contributed by atoms with Gasteiger partial charge in [-0.1, -0.05) is 0 Å². The van der Waals surface area contributed by atoms with Crippen molar-refractivity contribution < 1.29 is 14.2 Å². The summed E-state index contributed by atoms with van der Waals surface area (Å²) in [4.78, 5) is 1.92. The van der Waals surface area contributed by atoms with E-state index in [2.05, 4.69) is 5.32 Å². The Labute approximate surface area is 158 Å². The molecular formula is C19H26FN5O2. The highest BCUT2D eigenvalue weighted by molar-refractivity contribution is 6.50. The van der Waals surface area contributed by atoms with Crippen molar-refractivity contribution in [2.24, 2.45) is 0 Å². The fourth-order valence-corrected chi connectivity index (χ4v) is 3.04. The molecule has 0 unspecified atom stereocenters. The fraction of sp³-hybridized carbons (Fsp3) is 0.474. The number of hydrogen-bond acceptors (Lipinski definition) is 7. The van der Waals surface area contributed by atoms with Gasteiger partial charge in [-0.25, -0.2) is 4.39 Å². The molecule has 2 aliphatic rings. The van der Waals surface area contributed by atoms with Crippen molar-refractivity contribution >= 4 is 17.1 Å². The van der Waals surface area contributed by atoms with Crippen LogP contribution < -0.4 is 15.8 Å². The summed E-state index contributed by atoms with van der Waals surface area (Å²) in [5.74, 6) is 0.127. The molecule has 1 saturated carbocycles. The van der Waals surface area contributed by atoms with E-state index in [1.165, 1.54) is 12.1 Å². The number of allylic oxidation sites excluding steroid dienone is 1. The lowest BCUT2D eigenvalue weighted by molar-refractivity contribution is 0.182. The molecule has 0 amide bonds. The van der Waals surface area contributed by atoms with Gasteiger partial charge in [0.1, 0.15) is 11.4 Å². The van der Waals surface area contributed by atoms with E-state index < -0.39 is 11.9 Å². The van der Waals surface area contributed by atoms with E-state index in [4.69, 9.17) is 21.3 Å². The largest absolute Gasteiger partial charge is 0.484 e. The predicted molar refractivity (Wildman–Crippen MR) is 103 cm³/mol. The molecule has 2 fully saturated rings. The van der Waals surface area contributed by atoms with Crippen LogP contribution in [-0.4, -0.2) is 53.3 Å². The standard InChI is InChI=1S/C19H26FN5O2/c1-19(4-5-19)27-16-7-12(14(21)8-13(16)20)18(23)15(22)9-17(24-2)25-6-3-11(26)10-25/h7-9,11,22-24,26H,3-6,10,21H2,1-2H3/b17-9+,22-15?,23-18?/t11-/m1/s1. The summed E-state index contributed by atoms with van der Waals surface area (Å²) in [6.45, 7) is 3.05. The van der Waals surface area contributed by atoms with Gasteiger partial charge in [0, 0.05) is 43.5 Å². The molecule has 0 aromatic heterocycles. The number of ether oxygens (including phenoxy) is 1. The number of hydrogen-bond donors (Lipinski definition) is 5. The molecule has 0 spiro atoms. The quantitative estimate of drug-likeness (QED) is 0.368. The first kappa shape index (κ1) is 19.2. The molecule has 27 heavy (non-hydrogen) atoms. The summed E-state index contributed by atoms with van der Waals surface area (Å²) >= 11 is 0. The van der Waals surface area contributed by atoms with E-state index in [1.54, 1.807) is 7.05 Å². The van der Waals surface area contributed by atoms with Crippen LogP contribution in [0.25, 0.3) is 0 Å². The van der Waals surface area contributed by atoms with E-state index in [0.717, 1.165) is 18.9 Å². The summed E-state index contributed by atoms with van der Waals surface area (Å²) in [5, 5.41) is 29.3. The van der Waals surface area contributed by atoms with Crippen LogP contribution in [0.4, 0.5) is 10.1 Å². The van der Waals surface area contributed by atoms with E-state index in [1.807, 2.05) is 11.8 Å². The first-order valence-electron chi connectivity index (χ1n) is 9.01. The number of likely N-dealkylation sites (tertiary alicyclic amines) is 1. The van der Waals surface area contributed by atoms with Gasteiger partial charge >= 0.3 is 0 Å². The van der Waals surface area contributed by atoms with Crippen molar-refractivity contribution in [1.82, 2.24) is 10.2 Å². The Morgan fingerprint density at radius 3 is 2.70 bits per heavy atom. The smallest absolute Gasteiger partial charge is 0.167 e. The molecule has 1 atom stereocenters. The maximum Gasteiger partial charge on any atom is 0.167 e. The zero-order chi connectivity index (χ0) is 19.8. The first-order chi connectivity index (χ1) is 12.7. The van der Waals surface area contributed by atoms with Crippen LogP contribution in [0.2, 0.25) is 0 Å². The zero-order valence-corrected chi connectivity index (χ0v) is 15.6. The summed E-state index contributed by atoms with van der Waals surface area (Å²) in [7, 11) is 1.72. The average Bonchev–Trinajstić information content (AvgIpc) is 3.18. The number of aliphatic hydroxyl groups is 1. The van der Waals surface area contributed by atoms with Crippen LogP contribution in [0.1, 0.15) is 31.7 Å². The van der Waals surface area contributed by atoms with Crippen LogP contribution >= 0.6 is 0 Å². The number of benzene rings is 1. The molecule has 3 rings (SSSR count). The van der Waals surface area contributed by atoms with Gasteiger partial charge in [-0.05, 0) is 32.3 Å². The number of nitrogens with one attached hydrogen (secondary N) is 3. The number of rotatable bonds is 7. The fourth-order valence-electron chi connectivity index (χ4n) is 3.04. The van der Waals surface area contributed by atoms with Crippen LogP contribution in [0.5, 0.6) is 5.75 Å². The number of anilines is 1. The molecule has 1 aliphatic carbocycles. The van der Waals surface area contributed by atoms with Crippen molar-refractivity contribution in [3.8, 4) is 5.75 Å². The van der Waals surface area contributed by atoms with E-state index >= 15 is 0 Å². The van der Waals surface area contributed by atoms with Crippen LogP contribution in [0, 0.1) is 16.6 Å². The number of nitrogens with zero attached hydrogens (tertiary/aromatic N) is 1. The van der Waals surface area contributed by atoms with Gasteiger partial charge in [0.25, 0.3) is 0 Å². The number of nitrogens with two attached hydrogens (primary N) is 1. The molecule has 1 heterocycles. The van der Waals surface area contributed by atoms with E-state index in [-0.39, 0.29) is 34.0 Å². The third-order valence-electron chi connectivity index (χ3n) is 4.99. The highest BCUT2D eigenvalue weighted by atomic mass is 19.1. The lowest BCUT2D eigenvalue weighted by Crippen LogP contribution is -2.30. The zero-order valence-electron chi connectivity index (χ0n) is 15.6. The molecule has 7 nitrogen and oxygen atoms in total. The SMILES string of the molecule is CN/C(=C\C(=N)C(=N)c1cc(OC2(C)CC2)c(F)cc1N)N1CC[C@@H](O)C1. The first-order valence-corrected chi connectivity index (χ1v) is 9.01. The molecule has 146 valence electrons. The Hall–Kier alpha value is -2.61. The van der Waals surface area contributed by atoms with Crippen molar-refractivity contribution in [2.75, 3.05) is 25.9 Å². The summed E-state index contributed by atoms with van der Waals surface area (Å²) in [6, 6.07) is 2.54. The Bertz CT molecular complexity index is 804. The van der Waals surface area contributed by atoms with Crippen molar-refractivity contribution in [1.29, 1.82) is 10.8 Å². The maximum absolute atomic E-state index is 14.2. The second-order valence-electron chi connectivity index (χ2n) is 7.38. The van der Waals surface area contributed by atoms with Gasteiger partial charge in [-0.2, -0.15) is 0 Å². The normalized spacial score (nSPS) is 21.1. The Morgan fingerprint density at radius 2 is 2.15 bits per heavy atom. The molecule has 1 aromatic rings. The Balaban J connectivity index is 1.82. The predicted octanol–water partition coefficient (Wildman–Crippen LogP) is 1.85. The topological polar surface area (TPSA) is 118 Å². The number of nitrogen functional groups attached to an aromatic ring is 1. The third-order valence-corrected chi connectivity index (χ3v) is 4.99. The van der Waals surface area contributed by atoms with Crippen molar-refractivity contribution in [3.63, 3.8) is 0 Å².